The Labute approximate surface area is 102 Å². The first-order chi connectivity index (χ1) is 8.42. The molecule has 4 nitrogen and oxygen atoms in total. The van der Waals surface area contributed by atoms with E-state index in [0.29, 0.717) is 0 Å². The number of nitrogens with zero attached hydrogens (tertiary/aromatic N) is 3. The molecule has 17 heavy (non-hydrogen) atoms. The molecule has 0 radical (unpaired) electrons. The van der Waals surface area contributed by atoms with E-state index in [1.807, 2.05) is 6.07 Å². The second-order valence-corrected chi connectivity index (χ2v) is 5.18. The van der Waals surface area contributed by atoms with E-state index in [0.717, 1.165) is 30.9 Å². The molecule has 2 heterocycles. The van der Waals surface area contributed by atoms with Gasteiger partial charge >= 0.3 is 0 Å². The smallest absolute Gasteiger partial charge is 0.141 e. The Morgan fingerprint density at radius 1 is 1.24 bits per heavy atom. The Balaban J connectivity index is 1.37. The molecule has 92 valence electrons. The molecule has 1 unspecified atom stereocenters. The molecular formula is C13H20N4. The summed E-state index contributed by atoms with van der Waals surface area (Å²) in [6.07, 6.45) is 7.80. The molecule has 2 fully saturated rings. The molecule has 2 aliphatic rings. The third-order valence-corrected chi connectivity index (χ3v) is 3.72. The number of aromatic nitrogens is 2. The lowest BCUT2D eigenvalue weighted by molar-refractivity contribution is 0.311. The first-order valence-electron chi connectivity index (χ1n) is 6.62. The van der Waals surface area contributed by atoms with Crippen LogP contribution < -0.4 is 5.32 Å². The summed E-state index contributed by atoms with van der Waals surface area (Å²) in [5.41, 5.74) is 0. The summed E-state index contributed by atoms with van der Waals surface area (Å²) in [5.74, 6) is 1.71. The van der Waals surface area contributed by atoms with Gasteiger partial charge in [-0.3, -0.25) is 0 Å². The highest BCUT2D eigenvalue weighted by atomic mass is 15.2. The van der Waals surface area contributed by atoms with Crippen LogP contribution in [0.1, 0.15) is 25.1 Å². The largest absolute Gasteiger partial charge is 0.310 e. The average molecular weight is 232 g/mol. The van der Waals surface area contributed by atoms with Crippen LogP contribution >= 0.6 is 0 Å². The van der Waals surface area contributed by atoms with Crippen molar-refractivity contribution in [2.75, 3.05) is 19.6 Å². The minimum atomic E-state index is 0.792. The lowest BCUT2D eigenvalue weighted by Gasteiger charge is -2.14. The molecule has 0 bridgehead atoms. The maximum atomic E-state index is 4.21. The highest BCUT2D eigenvalue weighted by molar-refractivity contribution is 4.91. The summed E-state index contributed by atoms with van der Waals surface area (Å²) in [6.45, 7) is 4.48. The van der Waals surface area contributed by atoms with Crippen molar-refractivity contribution in [3.8, 4) is 0 Å². The maximum absolute atomic E-state index is 4.21. The first kappa shape index (κ1) is 11.1. The summed E-state index contributed by atoms with van der Waals surface area (Å²) >= 11 is 0. The fraction of sp³-hybridized carbons (Fsp3) is 0.692. The Morgan fingerprint density at radius 3 is 2.82 bits per heavy atom. The molecule has 1 saturated carbocycles. The van der Waals surface area contributed by atoms with Crippen molar-refractivity contribution >= 4 is 0 Å². The van der Waals surface area contributed by atoms with Crippen molar-refractivity contribution in [2.24, 2.45) is 5.92 Å². The third-order valence-electron chi connectivity index (χ3n) is 3.72. The van der Waals surface area contributed by atoms with Crippen LogP contribution in [-0.2, 0) is 6.54 Å². The van der Waals surface area contributed by atoms with E-state index in [2.05, 4.69) is 20.2 Å². The van der Waals surface area contributed by atoms with Gasteiger partial charge in [0.15, 0.2) is 0 Å². The van der Waals surface area contributed by atoms with Crippen molar-refractivity contribution < 1.29 is 0 Å². The maximum Gasteiger partial charge on any atom is 0.141 e. The van der Waals surface area contributed by atoms with Crippen LogP contribution in [-0.4, -0.2) is 40.5 Å². The van der Waals surface area contributed by atoms with Crippen molar-refractivity contribution in [1.82, 2.24) is 20.2 Å². The van der Waals surface area contributed by atoms with Gasteiger partial charge in [0.25, 0.3) is 0 Å². The van der Waals surface area contributed by atoms with Crippen LogP contribution in [0.3, 0.4) is 0 Å². The summed E-state index contributed by atoms with van der Waals surface area (Å²) in [4.78, 5) is 11.1. The van der Waals surface area contributed by atoms with Crippen LogP contribution in [0.5, 0.6) is 0 Å². The average Bonchev–Trinajstić information content (AvgIpc) is 3.11. The number of likely N-dealkylation sites (tertiary alicyclic amines) is 1. The molecule has 0 spiro atoms. The van der Waals surface area contributed by atoms with Gasteiger partial charge in [-0.05, 0) is 44.3 Å². The molecular weight excluding hydrogens is 212 g/mol. The molecule has 0 aromatic carbocycles. The van der Waals surface area contributed by atoms with Gasteiger partial charge in [-0.1, -0.05) is 0 Å². The van der Waals surface area contributed by atoms with E-state index in [9.17, 15) is 0 Å². The van der Waals surface area contributed by atoms with Crippen molar-refractivity contribution in [3.05, 3.63) is 24.3 Å². The Bertz CT molecular complexity index is 350. The van der Waals surface area contributed by atoms with E-state index in [1.54, 1.807) is 12.4 Å². The highest BCUT2D eigenvalue weighted by Gasteiger charge is 2.33. The van der Waals surface area contributed by atoms with Gasteiger partial charge in [-0.25, -0.2) is 9.97 Å². The van der Waals surface area contributed by atoms with E-state index >= 15 is 0 Å². The Kier molecular flexibility index (Phi) is 3.34. The summed E-state index contributed by atoms with van der Waals surface area (Å²) in [7, 11) is 0. The molecule has 1 aromatic rings. The van der Waals surface area contributed by atoms with Gasteiger partial charge in [0.1, 0.15) is 5.82 Å². The van der Waals surface area contributed by atoms with E-state index < -0.39 is 0 Å². The molecule has 1 aliphatic carbocycles. The molecule has 1 aliphatic heterocycles. The summed E-state index contributed by atoms with van der Waals surface area (Å²) in [6, 6.07) is 2.78. The number of rotatable bonds is 5. The molecule has 1 N–H and O–H groups in total. The minimum absolute atomic E-state index is 0.792. The fourth-order valence-corrected chi connectivity index (χ4v) is 2.61. The second-order valence-electron chi connectivity index (χ2n) is 5.18. The van der Waals surface area contributed by atoms with E-state index in [4.69, 9.17) is 0 Å². The Hall–Kier alpha value is -1.00. The molecule has 4 heteroatoms. The van der Waals surface area contributed by atoms with Gasteiger partial charge in [0, 0.05) is 25.0 Å². The summed E-state index contributed by atoms with van der Waals surface area (Å²) in [5, 5.41) is 3.47. The van der Waals surface area contributed by atoms with Gasteiger partial charge in [0.2, 0.25) is 0 Å². The predicted octanol–water partition coefficient (Wildman–Crippen LogP) is 1.05. The van der Waals surface area contributed by atoms with Crippen LogP contribution in [0.15, 0.2) is 18.5 Å². The molecule has 0 amide bonds. The van der Waals surface area contributed by atoms with Crippen LogP contribution in [0, 0.1) is 5.92 Å². The van der Waals surface area contributed by atoms with Crippen LogP contribution in [0.2, 0.25) is 0 Å². The van der Waals surface area contributed by atoms with Crippen LogP contribution in [0.4, 0.5) is 0 Å². The Morgan fingerprint density at radius 2 is 2.06 bits per heavy atom. The normalized spacial score (nSPS) is 25.3. The topological polar surface area (TPSA) is 41.1 Å². The number of hydrogen-bond donors (Lipinski definition) is 1. The quantitative estimate of drug-likeness (QED) is 0.824. The highest BCUT2D eigenvalue weighted by Crippen LogP contribution is 2.31. The predicted molar refractivity (Wildman–Crippen MR) is 66.4 cm³/mol. The van der Waals surface area contributed by atoms with E-state index in [1.165, 1.54) is 32.4 Å². The zero-order valence-electron chi connectivity index (χ0n) is 10.2. The monoisotopic (exact) mass is 232 g/mol. The molecule has 1 saturated heterocycles. The van der Waals surface area contributed by atoms with Gasteiger partial charge in [0.05, 0.1) is 6.54 Å². The lowest BCUT2D eigenvalue weighted by Crippen LogP contribution is -2.27. The number of nitrogens with one attached hydrogen (secondary N) is 1. The molecule has 1 atom stereocenters. The van der Waals surface area contributed by atoms with Crippen molar-refractivity contribution in [3.63, 3.8) is 0 Å². The third kappa shape index (κ3) is 3.01. The molecule has 1 aromatic heterocycles. The van der Waals surface area contributed by atoms with Crippen molar-refractivity contribution in [2.45, 2.75) is 31.8 Å². The lowest BCUT2D eigenvalue weighted by atomic mass is 10.1. The second kappa shape index (κ2) is 5.10. The SMILES string of the molecule is c1cnc(CNCC2CCN(C3CC3)C2)nc1. The van der Waals surface area contributed by atoms with E-state index in [-0.39, 0.29) is 0 Å². The first-order valence-corrected chi connectivity index (χ1v) is 6.62. The zero-order chi connectivity index (χ0) is 11.5. The van der Waals surface area contributed by atoms with Gasteiger partial charge in [-0.15, -0.1) is 0 Å². The van der Waals surface area contributed by atoms with Gasteiger partial charge < -0.3 is 10.2 Å². The van der Waals surface area contributed by atoms with Crippen LogP contribution in [0.25, 0.3) is 0 Å². The number of hydrogen-bond acceptors (Lipinski definition) is 4. The zero-order valence-corrected chi connectivity index (χ0v) is 10.2. The summed E-state index contributed by atoms with van der Waals surface area (Å²) < 4.78 is 0. The minimum Gasteiger partial charge on any atom is -0.310 e. The fourth-order valence-electron chi connectivity index (χ4n) is 2.61. The standard InChI is InChI=1S/C13H20N4/c1-5-15-13(16-6-1)9-14-8-11-4-7-17(10-11)12-2-3-12/h1,5-6,11-12,14H,2-4,7-10H2. The molecule has 3 rings (SSSR count). The van der Waals surface area contributed by atoms with Crippen molar-refractivity contribution in [1.29, 1.82) is 0 Å². The van der Waals surface area contributed by atoms with Gasteiger partial charge in [-0.2, -0.15) is 0 Å².